The van der Waals surface area contributed by atoms with Gasteiger partial charge in [-0.1, -0.05) is 42.5 Å². The fraction of sp³-hybridized carbons (Fsp3) is 0.294. The Labute approximate surface area is 150 Å². The minimum atomic E-state index is -1.46. The highest BCUT2D eigenvalue weighted by Crippen LogP contribution is 2.17. The van der Waals surface area contributed by atoms with Crippen LogP contribution in [0.3, 0.4) is 0 Å². The van der Waals surface area contributed by atoms with Crippen LogP contribution in [-0.4, -0.2) is 65.9 Å². The molecule has 25 heavy (non-hydrogen) atoms. The molecular formula is C17H24B2N2O4. The second-order valence-corrected chi connectivity index (χ2v) is 5.87. The maximum atomic E-state index is 9.83. The highest BCUT2D eigenvalue weighted by atomic mass is 16.4. The summed E-state index contributed by atoms with van der Waals surface area (Å²) in [4.78, 5) is 4.17. The maximum absolute atomic E-state index is 9.83. The normalized spacial score (nSPS) is 10.5. The number of nitrogens with zero attached hydrogens (tertiary/aromatic N) is 2. The molecule has 0 fully saturated rings. The Hall–Kier alpha value is -1.83. The Morgan fingerprint density at radius 2 is 1.32 bits per heavy atom. The molecule has 0 aliphatic carbocycles. The Morgan fingerprint density at radius 3 is 1.88 bits per heavy atom. The SMILES string of the molecule is CN(Cc1ccccc1O)CN(C)Cc1ccccc1B(O)O.[B]O. The van der Waals surface area contributed by atoms with Crippen LogP contribution in [0.15, 0.2) is 48.5 Å². The van der Waals surface area contributed by atoms with Crippen LogP contribution in [-0.2, 0) is 13.1 Å². The van der Waals surface area contributed by atoms with Crippen molar-refractivity contribution in [2.45, 2.75) is 13.1 Å². The molecular weight excluding hydrogens is 318 g/mol. The summed E-state index contributed by atoms with van der Waals surface area (Å²) in [5, 5.41) is 35.2. The van der Waals surface area contributed by atoms with Gasteiger partial charge in [-0.2, -0.15) is 0 Å². The molecule has 2 aromatic carbocycles. The molecule has 0 unspecified atom stereocenters. The van der Waals surface area contributed by atoms with Gasteiger partial charge in [0.05, 0.1) is 6.67 Å². The summed E-state index contributed by atoms with van der Waals surface area (Å²) in [6.45, 7) is 1.93. The molecule has 6 nitrogen and oxygen atoms in total. The average Bonchev–Trinajstić information content (AvgIpc) is 2.59. The molecule has 0 amide bonds. The summed E-state index contributed by atoms with van der Waals surface area (Å²) >= 11 is 0. The van der Waals surface area contributed by atoms with E-state index in [1.54, 1.807) is 18.2 Å². The number of phenols is 1. The lowest BCUT2D eigenvalue weighted by atomic mass is 9.77. The monoisotopic (exact) mass is 342 g/mol. The number of phenolic OH excluding ortho intramolecular Hbond substituents is 1. The van der Waals surface area contributed by atoms with Gasteiger partial charge in [0.2, 0.25) is 0 Å². The third-order valence-corrected chi connectivity index (χ3v) is 3.69. The number of para-hydroxylation sites is 1. The Balaban J connectivity index is 0.00000151. The van der Waals surface area contributed by atoms with Crippen molar-refractivity contribution in [2.75, 3.05) is 20.8 Å². The summed E-state index contributed by atoms with van der Waals surface area (Å²) in [7, 11) is 6.00. The number of hydrogen-bond donors (Lipinski definition) is 4. The first-order chi connectivity index (χ1) is 12.0. The van der Waals surface area contributed by atoms with E-state index >= 15 is 0 Å². The zero-order valence-corrected chi connectivity index (χ0v) is 14.6. The molecule has 0 saturated heterocycles. The first-order valence-corrected chi connectivity index (χ1v) is 7.81. The van der Waals surface area contributed by atoms with E-state index in [0.29, 0.717) is 31.0 Å². The van der Waals surface area contributed by atoms with E-state index < -0.39 is 7.12 Å². The summed E-state index contributed by atoms with van der Waals surface area (Å²) in [6.07, 6.45) is 0. The molecule has 0 atom stereocenters. The molecule has 0 spiro atoms. The molecule has 4 N–H and O–H groups in total. The lowest BCUT2D eigenvalue weighted by Crippen LogP contribution is -2.37. The molecule has 0 aliphatic heterocycles. The smallest absolute Gasteiger partial charge is 0.488 e. The first kappa shape index (κ1) is 21.2. The van der Waals surface area contributed by atoms with E-state index in [-0.39, 0.29) is 0 Å². The van der Waals surface area contributed by atoms with E-state index in [1.807, 2.05) is 44.4 Å². The summed E-state index contributed by atoms with van der Waals surface area (Å²) in [5.41, 5.74) is 2.30. The van der Waals surface area contributed by atoms with Gasteiger partial charge in [-0.25, -0.2) is 0 Å². The van der Waals surface area contributed by atoms with Gasteiger partial charge >= 0.3 is 7.12 Å². The Kier molecular flexibility index (Phi) is 9.26. The molecule has 2 aromatic rings. The van der Waals surface area contributed by atoms with Crippen LogP contribution in [0, 0.1) is 0 Å². The van der Waals surface area contributed by atoms with Crippen LogP contribution in [0.1, 0.15) is 11.1 Å². The van der Waals surface area contributed by atoms with Crippen molar-refractivity contribution in [2.24, 2.45) is 0 Å². The van der Waals surface area contributed by atoms with E-state index in [9.17, 15) is 15.2 Å². The molecule has 0 heterocycles. The highest BCUT2D eigenvalue weighted by molar-refractivity contribution is 6.59. The highest BCUT2D eigenvalue weighted by Gasteiger charge is 2.16. The van der Waals surface area contributed by atoms with E-state index in [4.69, 9.17) is 5.02 Å². The molecule has 2 rings (SSSR count). The van der Waals surface area contributed by atoms with Crippen LogP contribution in [0.2, 0.25) is 0 Å². The lowest BCUT2D eigenvalue weighted by Gasteiger charge is -2.25. The van der Waals surface area contributed by atoms with Crippen LogP contribution < -0.4 is 5.46 Å². The summed E-state index contributed by atoms with van der Waals surface area (Å²) in [6, 6.07) is 14.6. The zero-order valence-electron chi connectivity index (χ0n) is 14.6. The number of hydrogen-bond acceptors (Lipinski definition) is 6. The third kappa shape index (κ3) is 6.89. The predicted molar refractivity (Wildman–Crippen MR) is 100 cm³/mol. The molecule has 0 aliphatic rings. The van der Waals surface area contributed by atoms with E-state index in [0.717, 1.165) is 11.1 Å². The van der Waals surface area contributed by atoms with E-state index in [1.165, 1.54) is 0 Å². The molecule has 132 valence electrons. The van der Waals surface area contributed by atoms with Gasteiger partial charge in [-0.15, -0.1) is 0 Å². The fourth-order valence-corrected chi connectivity index (χ4v) is 2.67. The third-order valence-electron chi connectivity index (χ3n) is 3.69. The largest absolute Gasteiger partial charge is 0.508 e. The Bertz CT molecular complexity index is 644. The van der Waals surface area contributed by atoms with Crippen molar-refractivity contribution in [1.29, 1.82) is 0 Å². The van der Waals surface area contributed by atoms with Crippen LogP contribution in [0.5, 0.6) is 5.75 Å². The second kappa shape index (κ2) is 10.9. The van der Waals surface area contributed by atoms with E-state index in [2.05, 4.69) is 17.8 Å². The number of benzene rings is 2. The summed E-state index contributed by atoms with van der Waals surface area (Å²) < 4.78 is 0. The summed E-state index contributed by atoms with van der Waals surface area (Å²) in [5.74, 6) is 0.302. The van der Waals surface area contributed by atoms with Gasteiger partial charge in [0.15, 0.2) is 0 Å². The average molecular weight is 342 g/mol. The fourth-order valence-electron chi connectivity index (χ4n) is 2.67. The maximum Gasteiger partial charge on any atom is 0.488 e. The standard InChI is InChI=1S/C17H23BN2O3.BHO/c1-19(11-14-7-3-5-9-16(14)18(22)23)13-20(2)12-15-8-4-6-10-17(15)21;1-2/h3-10,21-23H,11-13H2,1-2H3;2H. The number of aromatic hydroxyl groups is 1. The van der Waals surface area contributed by atoms with Crippen LogP contribution >= 0.6 is 0 Å². The van der Waals surface area contributed by atoms with Crippen LogP contribution in [0.4, 0.5) is 0 Å². The number of rotatable bonds is 7. The van der Waals surface area contributed by atoms with Crippen molar-refractivity contribution in [1.82, 2.24) is 9.80 Å². The second-order valence-electron chi connectivity index (χ2n) is 5.87. The molecule has 0 saturated carbocycles. The predicted octanol–water partition coefficient (Wildman–Crippen LogP) is -0.345. The van der Waals surface area contributed by atoms with Crippen molar-refractivity contribution in [3.8, 4) is 5.75 Å². The molecule has 2 radical (unpaired) electrons. The molecule has 0 aromatic heterocycles. The lowest BCUT2D eigenvalue weighted by molar-refractivity contribution is 0.170. The van der Waals surface area contributed by atoms with Gasteiger partial charge in [0, 0.05) is 18.7 Å². The topological polar surface area (TPSA) is 87.4 Å². The first-order valence-electron chi connectivity index (χ1n) is 7.81. The quantitative estimate of drug-likeness (QED) is 0.407. The molecule has 8 heteroatoms. The van der Waals surface area contributed by atoms with Crippen molar-refractivity contribution in [3.63, 3.8) is 0 Å². The van der Waals surface area contributed by atoms with Gasteiger partial charge in [-0.3, -0.25) is 9.80 Å². The zero-order chi connectivity index (χ0) is 18.8. The van der Waals surface area contributed by atoms with Crippen molar-refractivity contribution in [3.05, 3.63) is 59.7 Å². The minimum Gasteiger partial charge on any atom is -0.508 e. The Morgan fingerprint density at radius 1 is 0.840 bits per heavy atom. The molecule has 0 bridgehead atoms. The van der Waals surface area contributed by atoms with Crippen molar-refractivity contribution >= 4 is 20.6 Å². The van der Waals surface area contributed by atoms with Gasteiger partial charge in [0.25, 0.3) is 8.05 Å². The van der Waals surface area contributed by atoms with Gasteiger partial charge < -0.3 is 20.2 Å². The van der Waals surface area contributed by atoms with Gasteiger partial charge in [0.1, 0.15) is 5.75 Å². The van der Waals surface area contributed by atoms with Crippen LogP contribution in [0.25, 0.3) is 0 Å². The van der Waals surface area contributed by atoms with Crippen molar-refractivity contribution < 1.29 is 20.2 Å². The van der Waals surface area contributed by atoms with Gasteiger partial charge in [-0.05, 0) is 31.2 Å². The minimum absolute atomic E-state index is 0.302.